The van der Waals surface area contributed by atoms with Gasteiger partial charge in [-0.15, -0.1) is 11.3 Å². The van der Waals surface area contributed by atoms with Crippen LogP contribution in [0.2, 0.25) is 0 Å². The Kier molecular flexibility index (Phi) is 5.54. The number of rotatable bonds is 6. The average molecular weight is 369 g/mol. The largest absolute Gasteiger partial charge is 0.322 e. The van der Waals surface area contributed by atoms with Gasteiger partial charge in [-0.2, -0.15) is 5.10 Å². The Morgan fingerprint density at radius 2 is 1.92 bits per heavy atom. The summed E-state index contributed by atoms with van der Waals surface area (Å²) in [4.78, 5) is 13.7. The molecule has 0 saturated carbocycles. The van der Waals surface area contributed by atoms with Gasteiger partial charge in [-0.1, -0.05) is 35.9 Å². The van der Waals surface area contributed by atoms with Crippen molar-refractivity contribution in [2.45, 2.75) is 26.8 Å². The number of anilines is 1. The van der Waals surface area contributed by atoms with Crippen molar-refractivity contribution < 1.29 is 4.79 Å². The summed E-state index contributed by atoms with van der Waals surface area (Å²) in [6, 6.07) is 12.5. The molecular weight excluding hydrogens is 344 g/mol. The van der Waals surface area contributed by atoms with Crippen LogP contribution in [0.15, 0.2) is 41.8 Å². The van der Waals surface area contributed by atoms with E-state index in [4.69, 9.17) is 0 Å². The number of carbonyl (C=O) groups is 1. The van der Waals surface area contributed by atoms with Crippen molar-refractivity contribution in [2.24, 2.45) is 7.05 Å². The van der Waals surface area contributed by atoms with Crippen LogP contribution in [0.4, 0.5) is 5.69 Å². The first-order chi connectivity index (χ1) is 12.5. The highest BCUT2D eigenvalue weighted by Crippen LogP contribution is 2.26. The Hall–Kier alpha value is -2.44. The number of hydrogen-bond acceptors (Lipinski definition) is 4. The number of nitrogens with zero attached hydrogens (tertiary/aromatic N) is 2. The molecule has 0 unspecified atom stereocenters. The van der Waals surface area contributed by atoms with E-state index in [-0.39, 0.29) is 18.5 Å². The fraction of sp³-hybridized carbons (Fsp3) is 0.300. The summed E-state index contributed by atoms with van der Waals surface area (Å²) in [5.41, 5.74) is 4.94. The average Bonchev–Trinajstić information content (AvgIpc) is 3.22. The molecule has 5 nitrogen and oxygen atoms in total. The maximum atomic E-state index is 12.5. The quantitative estimate of drug-likeness (QED) is 0.697. The SMILES string of the molecule is Cc1ccc([C@H](NCC(=O)Nc2c(C)nn(C)c2C)c2cccs2)cc1. The third-order valence-electron chi connectivity index (χ3n) is 4.48. The van der Waals surface area contributed by atoms with Crippen molar-refractivity contribution in [3.63, 3.8) is 0 Å². The van der Waals surface area contributed by atoms with Crippen molar-refractivity contribution in [3.8, 4) is 0 Å². The summed E-state index contributed by atoms with van der Waals surface area (Å²) in [6.45, 7) is 6.15. The van der Waals surface area contributed by atoms with Crippen LogP contribution in [0.3, 0.4) is 0 Å². The zero-order valence-corrected chi connectivity index (χ0v) is 16.4. The number of nitrogens with one attached hydrogen (secondary N) is 2. The van der Waals surface area contributed by atoms with Crippen LogP contribution in [-0.4, -0.2) is 22.2 Å². The molecule has 0 bridgehead atoms. The molecule has 3 aromatic rings. The van der Waals surface area contributed by atoms with Crippen molar-refractivity contribution in [1.29, 1.82) is 0 Å². The van der Waals surface area contributed by atoms with Gasteiger partial charge in [0.2, 0.25) is 5.91 Å². The van der Waals surface area contributed by atoms with Gasteiger partial charge in [0.15, 0.2) is 0 Å². The number of carbonyl (C=O) groups excluding carboxylic acids is 1. The van der Waals surface area contributed by atoms with E-state index >= 15 is 0 Å². The van der Waals surface area contributed by atoms with Gasteiger partial charge in [-0.05, 0) is 37.8 Å². The Balaban J connectivity index is 1.71. The molecule has 2 heterocycles. The van der Waals surface area contributed by atoms with Gasteiger partial charge < -0.3 is 5.32 Å². The van der Waals surface area contributed by atoms with Gasteiger partial charge in [-0.3, -0.25) is 14.8 Å². The summed E-state index contributed by atoms with van der Waals surface area (Å²) in [5.74, 6) is -0.0714. The second kappa shape index (κ2) is 7.85. The number of benzene rings is 1. The molecule has 0 aliphatic heterocycles. The van der Waals surface area contributed by atoms with Crippen LogP contribution in [0, 0.1) is 20.8 Å². The molecule has 2 N–H and O–H groups in total. The van der Waals surface area contributed by atoms with E-state index in [0.29, 0.717) is 0 Å². The fourth-order valence-electron chi connectivity index (χ4n) is 2.93. The Labute approximate surface area is 158 Å². The number of hydrogen-bond donors (Lipinski definition) is 2. The third kappa shape index (κ3) is 4.03. The summed E-state index contributed by atoms with van der Waals surface area (Å²) in [7, 11) is 1.88. The molecule has 3 rings (SSSR count). The van der Waals surface area contributed by atoms with E-state index in [1.54, 1.807) is 16.0 Å². The Morgan fingerprint density at radius 3 is 2.50 bits per heavy atom. The van der Waals surface area contributed by atoms with E-state index < -0.39 is 0 Å². The van der Waals surface area contributed by atoms with Crippen molar-refractivity contribution in [1.82, 2.24) is 15.1 Å². The first-order valence-corrected chi connectivity index (χ1v) is 9.47. The van der Waals surface area contributed by atoms with Crippen LogP contribution in [-0.2, 0) is 11.8 Å². The summed E-state index contributed by atoms with van der Waals surface area (Å²) in [5, 5.41) is 12.8. The van der Waals surface area contributed by atoms with Crippen LogP contribution in [0.1, 0.15) is 33.4 Å². The smallest absolute Gasteiger partial charge is 0.238 e. The van der Waals surface area contributed by atoms with E-state index in [1.165, 1.54) is 10.4 Å². The molecule has 0 aliphatic rings. The minimum absolute atomic E-state index is 0.00237. The van der Waals surface area contributed by atoms with Gasteiger partial charge in [-0.25, -0.2) is 0 Å². The normalized spacial score (nSPS) is 12.2. The number of aromatic nitrogens is 2. The Bertz CT molecular complexity index is 881. The van der Waals surface area contributed by atoms with E-state index in [0.717, 1.165) is 22.6 Å². The molecule has 0 fully saturated rings. The lowest BCUT2D eigenvalue weighted by atomic mass is 10.0. The fourth-order valence-corrected chi connectivity index (χ4v) is 3.76. The topological polar surface area (TPSA) is 59.0 Å². The monoisotopic (exact) mass is 368 g/mol. The molecule has 1 atom stereocenters. The molecular formula is C20H24N4OS. The van der Waals surface area contributed by atoms with Crippen molar-refractivity contribution in [3.05, 3.63) is 69.2 Å². The van der Waals surface area contributed by atoms with E-state index in [2.05, 4.69) is 58.4 Å². The molecule has 0 spiro atoms. The summed E-state index contributed by atoms with van der Waals surface area (Å²) < 4.78 is 1.78. The first-order valence-electron chi connectivity index (χ1n) is 8.59. The lowest BCUT2D eigenvalue weighted by Gasteiger charge is -2.18. The van der Waals surface area contributed by atoms with Gasteiger partial charge in [0.05, 0.1) is 29.7 Å². The predicted octanol–water partition coefficient (Wildman–Crippen LogP) is 3.72. The summed E-state index contributed by atoms with van der Waals surface area (Å²) >= 11 is 1.69. The van der Waals surface area contributed by atoms with Gasteiger partial charge in [0.1, 0.15) is 0 Å². The number of thiophene rings is 1. The highest BCUT2D eigenvalue weighted by atomic mass is 32.1. The number of aryl methyl sites for hydroxylation is 3. The highest BCUT2D eigenvalue weighted by Gasteiger charge is 2.17. The van der Waals surface area contributed by atoms with Crippen LogP contribution in [0.25, 0.3) is 0 Å². The van der Waals surface area contributed by atoms with Crippen molar-refractivity contribution >= 4 is 22.9 Å². The third-order valence-corrected chi connectivity index (χ3v) is 5.42. The van der Waals surface area contributed by atoms with E-state index in [9.17, 15) is 4.79 Å². The van der Waals surface area contributed by atoms with Gasteiger partial charge in [0, 0.05) is 11.9 Å². The minimum Gasteiger partial charge on any atom is -0.322 e. The van der Waals surface area contributed by atoms with Crippen LogP contribution >= 0.6 is 11.3 Å². The van der Waals surface area contributed by atoms with E-state index in [1.807, 2.05) is 27.0 Å². The zero-order chi connectivity index (χ0) is 18.7. The molecule has 0 radical (unpaired) electrons. The van der Waals surface area contributed by atoms with Crippen LogP contribution < -0.4 is 10.6 Å². The molecule has 2 aromatic heterocycles. The number of amides is 1. The second-order valence-electron chi connectivity index (χ2n) is 6.46. The van der Waals surface area contributed by atoms with Gasteiger partial charge >= 0.3 is 0 Å². The van der Waals surface area contributed by atoms with Crippen molar-refractivity contribution in [2.75, 3.05) is 11.9 Å². The standard InChI is InChI=1S/C20H24N4OS/c1-13-7-9-16(10-8-13)20(17-6-5-11-26-17)21-12-18(25)22-19-14(2)23-24(4)15(19)3/h5-11,20-21H,12H2,1-4H3,(H,22,25)/t20-/m0/s1. The maximum Gasteiger partial charge on any atom is 0.238 e. The lowest BCUT2D eigenvalue weighted by Crippen LogP contribution is -2.31. The maximum absolute atomic E-state index is 12.5. The molecule has 136 valence electrons. The molecule has 1 aromatic carbocycles. The minimum atomic E-state index is -0.0714. The molecule has 1 amide bonds. The Morgan fingerprint density at radius 1 is 1.19 bits per heavy atom. The first kappa shape index (κ1) is 18.4. The molecule has 26 heavy (non-hydrogen) atoms. The zero-order valence-electron chi connectivity index (χ0n) is 15.5. The molecule has 0 saturated heterocycles. The van der Waals surface area contributed by atoms with Gasteiger partial charge in [0.25, 0.3) is 0 Å². The predicted molar refractivity (Wildman–Crippen MR) is 107 cm³/mol. The molecule has 6 heteroatoms. The molecule has 0 aliphatic carbocycles. The highest BCUT2D eigenvalue weighted by molar-refractivity contribution is 7.10. The second-order valence-corrected chi connectivity index (χ2v) is 7.44. The van der Waals surface area contributed by atoms with Crippen LogP contribution in [0.5, 0.6) is 0 Å². The lowest BCUT2D eigenvalue weighted by molar-refractivity contribution is -0.115. The summed E-state index contributed by atoms with van der Waals surface area (Å²) in [6.07, 6.45) is 0.